The summed E-state index contributed by atoms with van der Waals surface area (Å²) in [5.74, 6) is -0.321. The zero-order valence-corrected chi connectivity index (χ0v) is 22.8. The van der Waals surface area contributed by atoms with Crippen LogP contribution in [-0.2, 0) is 22.5 Å². The van der Waals surface area contributed by atoms with Crippen LogP contribution in [0, 0.1) is 5.82 Å². The number of aromatic nitrogens is 4. The van der Waals surface area contributed by atoms with Crippen LogP contribution in [0.25, 0.3) is 17.2 Å². The summed E-state index contributed by atoms with van der Waals surface area (Å²) in [6.07, 6.45) is 4.95. The molecule has 2 saturated heterocycles. The second kappa shape index (κ2) is 11.3. The van der Waals surface area contributed by atoms with Gasteiger partial charge < -0.3 is 14.8 Å². The van der Waals surface area contributed by atoms with Crippen molar-refractivity contribution in [2.24, 2.45) is 0 Å². The summed E-state index contributed by atoms with van der Waals surface area (Å²) < 4.78 is 27.3. The van der Waals surface area contributed by atoms with Crippen molar-refractivity contribution in [3.63, 3.8) is 0 Å². The number of carbonyl (C=O) groups is 1. The molecule has 1 N–H and O–H groups in total. The van der Waals surface area contributed by atoms with Crippen LogP contribution in [0.15, 0.2) is 41.3 Å². The molecular formula is C28H35FN6O4. The first-order chi connectivity index (χ1) is 18.7. The summed E-state index contributed by atoms with van der Waals surface area (Å²) in [4.78, 5) is 33.2. The Morgan fingerprint density at radius 1 is 1.18 bits per heavy atom. The monoisotopic (exact) mass is 538 g/mol. The van der Waals surface area contributed by atoms with Gasteiger partial charge in [0.05, 0.1) is 20.3 Å². The van der Waals surface area contributed by atoms with Crippen molar-refractivity contribution in [1.29, 1.82) is 0 Å². The molecule has 1 amide bonds. The Morgan fingerprint density at radius 3 is 2.56 bits per heavy atom. The fourth-order valence-electron chi connectivity index (χ4n) is 5.70. The number of nitrogens with one attached hydrogen (secondary N) is 1. The number of hydrogen-bond acceptors (Lipinski definition) is 7. The van der Waals surface area contributed by atoms with Gasteiger partial charge in [0.1, 0.15) is 6.54 Å². The van der Waals surface area contributed by atoms with Crippen molar-refractivity contribution in [1.82, 2.24) is 29.5 Å². The standard InChI is InChI=1S/C28H35FN6O4/c1-17(2)31-26(36)14-33-27(20-6-9-23(29)24(12-20)38-4)32-35(28(33)37)25-10-5-19(13-30-25)11-18(3)34-21-7-8-22(34)16-39-15-21/h5-6,9-10,12-13,17-18,21-22H,7-8,11,14-16H2,1-4H3,(H,31,36). The van der Waals surface area contributed by atoms with Crippen molar-refractivity contribution in [3.05, 3.63) is 58.4 Å². The number of amides is 1. The van der Waals surface area contributed by atoms with Crippen LogP contribution < -0.4 is 15.7 Å². The first-order valence-corrected chi connectivity index (χ1v) is 13.4. The lowest BCUT2D eigenvalue weighted by Crippen LogP contribution is -2.50. The molecule has 2 aromatic heterocycles. The maximum absolute atomic E-state index is 14.1. The molecule has 0 aliphatic carbocycles. The lowest BCUT2D eigenvalue weighted by Gasteiger charge is -2.39. The number of rotatable bonds is 9. The summed E-state index contributed by atoms with van der Waals surface area (Å²) in [5.41, 5.74) is 0.974. The molecule has 2 aliphatic heterocycles. The van der Waals surface area contributed by atoms with Crippen molar-refractivity contribution in [2.75, 3.05) is 20.3 Å². The number of fused-ring (bicyclic) bond motifs is 2. The molecule has 2 fully saturated rings. The van der Waals surface area contributed by atoms with Crippen LogP contribution in [0.3, 0.4) is 0 Å². The number of benzene rings is 1. The Bertz CT molecular complexity index is 1370. The molecule has 0 saturated carbocycles. The number of ether oxygens (including phenoxy) is 2. The Kier molecular flexibility index (Phi) is 7.81. The van der Waals surface area contributed by atoms with Gasteiger partial charge in [0.25, 0.3) is 0 Å². The molecule has 2 bridgehead atoms. The van der Waals surface area contributed by atoms with E-state index in [0.717, 1.165) is 25.2 Å². The third kappa shape index (κ3) is 5.60. The van der Waals surface area contributed by atoms with Crippen LogP contribution in [0.2, 0.25) is 0 Å². The highest BCUT2D eigenvalue weighted by Crippen LogP contribution is 2.31. The number of pyridine rings is 1. The van der Waals surface area contributed by atoms with E-state index in [1.54, 1.807) is 12.3 Å². The molecule has 1 aromatic carbocycles. The molecular weight excluding hydrogens is 503 g/mol. The smallest absolute Gasteiger partial charge is 0.352 e. The highest BCUT2D eigenvalue weighted by molar-refractivity contribution is 5.76. The van der Waals surface area contributed by atoms with Crippen molar-refractivity contribution < 1.29 is 18.7 Å². The molecule has 39 heavy (non-hydrogen) atoms. The molecule has 5 rings (SSSR count). The van der Waals surface area contributed by atoms with Crippen LogP contribution in [-0.4, -0.2) is 74.6 Å². The summed E-state index contributed by atoms with van der Waals surface area (Å²) in [6, 6.07) is 9.12. The first-order valence-electron chi connectivity index (χ1n) is 13.4. The van der Waals surface area contributed by atoms with Gasteiger partial charge in [0, 0.05) is 35.9 Å². The second-order valence-corrected chi connectivity index (χ2v) is 10.6. The van der Waals surface area contributed by atoms with E-state index in [9.17, 15) is 14.0 Å². The van der Waals surface area contributed by atoms with Gasteiger partial charge in [-0.05, 0) is 69.9 Å². The van der Waals surface area contributed by atoms with Gasteiger partial charge in [0.15, 0.2) is 23.2 Å². The predicted octanol–water partition coefficient (Wildman–Crippen LogP) is 2.56. The van der Waals surface area contributed by atoms with E-state index in [0.29, 0.717) is 29.5 Å². The Balaban J connectivity index is 1.43. The van der Waals surface area contributed by atoms with E-state index in [1.165, 1.54) is 47.4 Å². The molecule has 3 aromatic rings. The minimum atomic E-state index is -0.538. The third-order valence-corrected chi connectivity index (χ3v) is 7.39. The third-order valence-electron chi connectivity index (χ3n) is 7.39. The Hall–Kier alpha value is -3.57. The zero-order chi connectivity index (χ0) is 27.7. The van der Waals surface area contributed by atoms with E-state index >= 15 is 0 Å². The van der Waals surface area contributed by atoms with E-state index < -0.39 is 11.5 Å². The topological polar surface area (TPSA) is 104 Å². The molecule has 3 unspecified atom stereocenters. The van der Waals surface area contributed by atoms with Crippen molar-refractivity contribution in [2.45, 2.75) is 70.7 Å². The molecule has 0 spiro atoms. The maximum Gasteiger partial charge on any atom is 0.352 e. The fourth-order valence-corrected chi connectivity index (χ4v) is 5.70. The average molecular weight is 539 g/mol. The van der Waals surface area contributed by atoms with Crippen LogP contribution in [0.1, 0.15) is 39.2 Å². The number of nitrogens with zero attached hydrogens (tertiary/aromatic N) is 5. The first kappa shape index (κ1) is 27.0. The van der Waals surface area contributed by atoms with Gasteiger partial charge in [-0.3, -0.25) is 14.3 Å². The van der Waals surface area contributed by atoms with E-state index in [-0.39, 0.29) is 30.1 Å². The molecule has 2 aliphatic rings. The van der Waals surface area contributed by atoms with Crippen molar-refractivity contribution in [3.8, 4) is 23.0 Å². The Morgan fingerprint density at radius 2 is 1.92 bits per heavy atom. The van der Waals surface area contributed by atoms with Gasteiger partial charge in [0.2, 0.25) is 5.91 Å². The van der Waals surface area contributed by atoms with E-state index in [1.807, 2.05) is 19.9 Å². The van der Waals surface area contributed by atoms with Crippen LogP contribution in [0.5, 0.6) is 5.75 Å². The summed E-state index contributed by atoms with van der Waals surface area (Å²) in [6.45, 7) is 7.26. The van der Waals surface area contributed by atoms with Gasteiger partial charge in [-0.25, -0.2) is 14.2 Å². The van der Waals surface area contributed by atoms with Gasteiger partial charge in [-0.15, -0.1) is 5.10 Å². The average Bonchev–Trinajstić information content (AvgIpc) is 3.36. The van der Waals surface area contributed by atoms with Gasteiger partial charge >= 0.3 is 5.69 Å². The molecule has 4 heterocycles. The largest absolute Gasteiger partial charge is 0.494 e. The van der Waals surface area contributed by atoms with E-state index in [2.05, 4.69) is 27.2 Å². The van der Waals surface area contributed by atoms with Crippen molar-refractivity contribution >= 4 is 5.91 Å². The highest BCUT2D eigenvalue weighted by atomic mass is 19.1. The minimum absolute atomic E-state index is 0.0120. The Labute approximate surface area is 226 Å². The number of hydrogen-bond donors (Lipinski definition) is 1. The fraction of sp³-hybridized carbons (Fsp3) is 0.500. The van der Waals surface area contributed by atoms with Gasteiger partial charge in [-0.1, -0.05) is 6.07 Å². The number of halogens is 1. The number of carbonyl (C=O) groups excluding carboxylic acids is 1. The van der Waals surface area contributed by atoms with E-state index in [4.69, 9.17) is 9.47 Å². The normalized spacial score (nSPS) is 19.8. The quantitative estimate of drug-likeness (QED) is 0.447. The number of methoxy groups -OCH3 is 1. The summed E-state index contributed by atoms with van der Waals surface area (Å²) in [7, 11) is 1.36. The summed E-state index contributed by atoms with van der Waals surface area (Å²) >= 11 is 0. The lowest BCUT2D eigenvalue weighted by atomic mass is 10.1. The SMILES string of the molecule is COc1cc(-c2nn(-c3ccc(CC(C)N4C5CCC4COC5)cn3)c(=O)n2CC(=O)NC(C)C)ccc1F. The summed E-state index contributed by atoms with van der Waals surface area (Å²) in [5, 5.41) is 7.30. The number of morpholine rings is 1. The molecule has 10 nitrogen and oxygen atoms in total. The molecule has 0 radical (unpaired) electrons. The predicted molar refractivity (Wildman–Crippen MR) is 143 cm³/mol. The lowest BCUT2D eigenvalue weighted by molar-refractivity contribution is -0.122. The highest BCUT2D eigenvalue weighted by Gasteiger charge is 2.39. The molecule has 3 atom stereocenters. The maximum atomic E-state index is 14.1. The van der Waals surface area contributed by atoms with Gasteiger partial charge in [-0.2, -0.15) is 4.68 Å². The zero-order valence-electron chi connectivity index (χ0n) is 22.8. The molecule has 208 valence electrons. The van der Waals surface area contributed by atoms with Crippen LogP contribution in [0.4, 0.5) is 4.39 Å². The van der Waals surface area contributed by atoms with Crippen LogP contribution >= 0.6 is 0 Å². The second-order valence-electron chi connectivity index (χ2n) is 10.6. The molecule has 11 heteroatoms. The minimum Gasteiger partial charge on any atom is -0.494 e.